The smallest absolute Gasteiger partial charge is 0.271 e. The Hall–Kier alpha value is -4.73. The number of hydrogen-bond acceptors (Lipinski definition) is 5. The van der Waals surface area contributed by atoms with Gasteiger partial charge in [-0.05, 0) is 86.5 Å². The second kappa shape index (κ2) is 11.7. The number of methoxy groups -OCH3 is 1. The molecule has 5 aromatic rings. The van der Waals surface area contributed by atoms with Crippen molar-refractivity contribution in [3.05, 3.63) is 143 Å². The molecule has 0 saturated carbocycles. The highest BCUT2D eigenvalue weighted by Gasteiger charge is 2.33. The maximum absolute atomic E-state index is 14.2. The van der Waals surface area contributed by atoms with Crippen LogP contribution in [0.15, 0.2) is 99.9 Å². The molecular formula is C34H28ClFN4O3S. The summed E-state index contributed by atoms with van der Waals surface area (Å²) < 4.78 is 23.3. The molecule has 1 aliphatic rings. The molecule has 6 rings (SSSR count). The van der Waals surface area contributed by atoms with Crippen LogP contribution >= 0.6 is 22.9 Å². The summed E-state index contributed by atoms with van der Waals surface area (Å²) >= 11 is 7.33. The molecule has 1 amide bonds. The molecule has 3 aromatic carbocycles. The minimum Gasteiger partial charge on any atom is -0.497 e. The first kappa shape index (κ1) is 29.3. The molecule has 0 radical (unpaired) electrons. The number of carbonyl (C=O) groups is 1. The lowest BCUT2D eigenvalue weighted by atomic mass is 9.95. The number of aryl methyl sites for hydroxylation is 1. The zero-order chi connectivity index (χ0) is 31.1. The highest BCUT2D eigenvalue weighted by molar-refractivity contribution is 7.07. The highest BCUT2D eigenvalue weighted by atomic mass is 35.5. The molecule has 2 aromatic heterocycles. The van der Waals surface area contributed by atoms with Gasteiger partial charge in [0.05, 0.1) is 34.0 Å². The monoisotopic (exact) mass is 626 g/mol. The Kier molecular flexibility index (Phi) is 7.84. The number of hydrogen-bond donors (Lipinski definition) is 1. The molecule has 44 heavy (non-hydrogen) atoms. The highest BCUT2D eigenvalue weighted by Crippen LogP contribution is 2.32. The van der Waals surface area contributed by atoms with Crippen LogP contribution in [-0.4, -0.2) is 22.2 Å². The fourth-order valence-corrected chi connectivity index (χ4v) is 6.77. The van der Waals surface area contributed by atoms with Gasteiger partial charge < -0.3 is 14.6 Å². The van der Waals surface area contributed by atoms with E-state index in [1.165, 1.54) is 17.4 Å². The quantitative estimate of drug-likeness (QED) is 0.248. The van der Waals surface area contributed by atoms with E-state index >= 15 is 0 Å². The standard InChI is InChI=1S/C34H28ClFN4O3S/c1-19-15-23(21(3)39(19)25-13-14-28(36)27(35)18-25)17-29-33(42)40-31(22-9-8-12-26(16-22)43-4)30(20(2)37-34(40)44-29)32(41)38-24-10-6-5-7-11-24/h5-18,31H,1-4H3,(H,38,41)/b29-17+/t31-/m1/s1. The summed E-state index contributed by atoms with van der Waals surface area (Å²) in [6.45, 7) is 5.65. The fraction of sp³-hybridized carbons (Fsp3) is 0.147. The number of aromatic nitrogens is 2. The second-order valence-corrected chi connectivity index (χ2v) is 11.9. The van der Waals surface area contributed by atoms with Crippen molar-refractivity contribution in [2.45, 2.75) is 26.8 Å². The van der Waals surface area contributed by atoms with Gasteiger partial charge in [0.1, 0.15) is 11.6 Å². The number of anilines is 1. The lowest BCUT2D eigenvalue weighted by molar-refractivity contribution is -0.113. The van der Waals surface area contributed by atoms with Gasteiger partial charge in [0.25, 0.3) is 11.5 Å². The maximum atomic E-state index is 14.2. The van der Waals surface area contributed by atoms with Crippen molar-refractivity contribution >= 4 is 40.6 Å². The summed E-state index contributed by atoms with van der Waals surface area (Å²) in [6, 6.07) is 22.3. The van der Waals surface area contributed by atoms with Gasteiger partial charge in [-0.2, -0.15) is 0 Å². The molecule has 10 heteroatoms. The number of halogens is 2. The van der Waals surface area contributed by atoms with Gasteiger partial charge in [0.2, 0.25) is 0 Å². The van der Waals surface area contributed by atoms with Crippen LogP contribution in [0.25, 0.3) is 11.8 Å². The topological polar surface area (TPSA) is 77.6 Å². The summed E-state index contributed by atoms with van der Waals surface area (Å²) in [4.78, 5) is 33.2. The van der Waals surface area contributed by atoms with Crippen LogP contribution in [-0.2, 0) is 4.79 Å². The predicted octanol–water partition coefficient (Wildman–Crippen LogP) is 6.08. The molecule has 0 bridgehead atoms. The average molecular weight is 627 g/mol. The molecule has 0 fully saturated rings. The van der Waals surface area contributed by atoms with E-state index in [0.29, 0.717) is 32.0 Å². The molecule has 1 atom stereocenters. The van der Waals surface area contributed by atoms with Crippen LogP contribution in [0.4, 0.5) is 10.1 Å². The summed E-state index contributed by atoms with van der Waals surface area (Å²) in [5, 5.41) is 3.00. The normalized spacial score (nSPS) is 14.8. The van der Waals surface area contributed by atoms with Crippen molar-refractivity contribution < 1.29 is 13.9 Å². The minimum absolute atomic E-state index is 0.0323. The minimum atomic E-state index is -0.735. The van der Waals surface area contributed by atoms with E-state index in [4.69, 9.17) is 21.3 Å². The van der Waals surface area contributed by atoms with E-state index in [9.17, 15) is 14.0 Å². The van der Waals surface area contributed by atoms with Crippen LogP contribution in [0.1, 0.15) is 35.5 Å². The second-order valence-electron chi connectivity index (χ2n) is 10.4. The number of thiazole rings is 1. The Labute approximate surface area is 261 Å². The summed E-state index contributed by atoms with van der Waals surface area (Å²) in [7, 11) is 1.57. The number of nitrogens with one attached hydrogen (secondary N) is 1. The SMILES string of the molecule is COc1cccc([C@@H]2C(C(=O)Nc3ccccc3)=C(C)N=c3s/c(=C/c4cc(C)n(-c5ccc(F)c(Cl)c5)c4C)c(=O)n32)c1. The zero-order valence-electron chi connectivity index (χ0n) is 24.4. The van der Waals surface area contributed by atoms with Crippen molar-refractivity contribution in [1.82, 2.24) is 9.13 Å². The Morgan fingerprint density at radius 1 is 1.05 bits per heavy atom. The third-order valence-corrected chi connectivity index (χ3v) is 8.90. The van der Waals surface area contributed by atoms with Crippen molar-refractivity contribution in [3.63, 3.8) is 0 Å². The predicted molar refractivity (Wildman–Crippen MR) is 172 cm³/mol. The van der Waals surface area contributed by atoms with Gasteiger partial charge in [0.15, 0.2) is 4.80 Å². The molecular weight excluding hydrogens is 599 g/mol. The molecule has 222 valence electrons. The van der Waals surface area contributed by atoms with E-state index in [-0.39, 0.29) is 16.5 Å². The number of benzene rings is 3. The Balaban J connectivity index is 1.50. The molecule has 1 aliphatic heterocycles. The Bertz CT molecular complexity index is 2150. The summed E-state index contributed by atoms with van der Waals surface area (Å²) in [5.74, 6) is -0.228. The van der Waals surface area contributed by atoms with E-state index in [1.54, 1.807) is 42.9 Å². The zero-order valence-corrected chi connectivity index (χ0v) is 26.0. The van der Waals surface area contributed by atoms with Gasteiger partial charge >= 0.3 is 0 Å². The van der Waals surface area contributed by atoms with Crippen LogP contribution < -0.4 is 24.9 Å². The van der Waals surface area contributed by atoms with Gasteiger partial charge in [-0.3, -0.25) is 14.2 Å². The molecule has 3 heterocycles. The molecule has 7 nitrogen and oxygen atoms in total. The lowest BCUT2D eigenvalue weighted by Crippen LogP contribution is -2.40. The molecule has 0 saturated heterocycles. The molecule has 0 aliphatic carbocycles. The number of fused-ring (bicyclic) bond motifs is 1. The lowest BCUT2D eigenvalue weighted by Gasteiger charge is -2.25. The van der Waals surface area contributed by atoms with Crippen LogP contribution in [0.2, 0.25) is 5.02 Å². The molecule has 0 spiro atoms. The Morgan fingerprint density at radius 3 is 2.55 bits per heavy atom. The molecule has 1 N–H and O–H groups in total. The number of rotatable bonds is 6. The number of nitrogens with zero attached hydrogens (tertiary/aromatic N) is 3. The van der Waals surface area contributed by atoms with E-state index < -0.39 is 11.9 Å². The van der Waals surface area contributed by atoms with Crippen molar-refractivity contribution in [1.29, 1.82) is 0 Å². The van der Waals surface area contributed by atoms with Crippen molar-refractivity contribution in [2.75, 3.05) is 12.4 Å². The third-order valence-electron chi connectivity index (χ3n) is 7.63. The fourth-order valence-electron chi connectivity index (χ4n) is 5.56. The van der Waals surface area contributed by atoms with Crippen molar-refractivity contribution in [3.8, 4) is 11.4 Å². The van der Waals surface area contributed by atoms with Gasteiger partial charge in [-0.1, -0.05) is 53.3 Å². The number of allylic oxidation sites excluding steroid dienone is 1. The average Bonchev–Trinajstić information content (AvgIpc) is 3.47. The Morgan fingerprint density at radius 2 is 1.82 bits per heavy atom. The first-order chi connectivity index (χ1) is 21.2. The third kappa shape index (κ3) is 5.29. The number of ether oxygens (including phenoxy) is 1. The van der Waals surface area contributed by atoms with E-state index in [0.717, 1.165) is 28.2 Å². The van der Waals surface area contributed by atoms with Gasteiger partial charge in [-0.15, -0.1) is 0 Å². The van der Waals surface area contributed by atoms with Gasteiger partial charge in [0, 0.05) is 22.8 Å². The summed E-state index contributed by atoms with van der Waals surface area (Å²) in [6.07, 6.45) is 1.83. The first-order valence-electron chi connectivity index (χ1n) is 13.8. The number of carbonyl (C=O) groups excluding carboxylic acids is 1. The first-order valence-corrected chi connectivity index (χ1v) is 15.0. The van der Waals surface area contributed by atoms with Crippen LogP contribution in [0.3, 0.4) is 0 Å². The van der Waals surface area contributed by atoms with E-state index in [1.807, 2.05) is 73.0 Å². The van der Waals surface area contributed by atoms with E-state index in [2.05, 4.69) is 5.32 Å². The van der Waals surface area contributed by atoms with Gasteiger partial charge in [-0.25, -0.2) is 9.38 Å². The number of amides is 1. The number of para-hydroxylation sites is 1. The largest absolute Gasteiger partial charge is 0.497 e. The van der Waals surface area contributed by atoms with Crippen LogP contribution in [0.5, 0.6) is 5.75 Å². The molecule has 0 unspecified atom stereocenters. The maximum Gasteiger partial charge on any atom is 0.271 e. The van der Waals surface area contributed by atoms with Crippen molar-refractivity contribution in [2.24, 2.45) is 4.99 Å². The summed E-state index contributed by atoms with van der Waals surface area (Å²) in [5.41, 5.74) is 5.27. The van der Waals surface area contributed by atoms with Crippen LogP contribution in [0, 0.1) is 19.7 Å².